The lowest BCUT2D eigenvalue weighted by atomic mass is 10.1. The minimum Gasteiger partial charge on any atom is -0.433 e. The summed E-state index contributed by atoms with van der Waals surface area (Å²) in [6.07, 6.45) is -0.490. The van der Waals surface area contributed by atoms with Gasteiger partial charge < -0.3 is 19.7 Å². The van der Waals surface area contributed by atoms with Crippen LogP contribution in [0.15, 0.2) is 41.3 Å². The van der Waals surface area contributed by atoms with Crippen LogP contribution in [0.25, 0.3) is 10.8 Å². The number of anilines is 1. The van der Waals surface area contributed by atoms with Gasteiger partial charge in [-0.1, -0.05) is 24.3 Å². The van der Waals surface area contributed by atoms with Gasteiger partial charge in [-0.05, 0) is 38.3 Å². The van der Waals surface area contributed by atoms with Gasteiger partial charge in [-0.2, -0.15) is 4.72 Å². The molecule has 3 aliphatic heterocycles. The van der Waals surface area contributed by atoms with Gasteiger partial charge in [0, 0.05) is 50.1 Å². The molecule has 3 amide bonds. The van der Waals surface area contributed by atoms with E-state index in [4.69, 9.17) is 9.47 Å². The third-order valence-corrected chi connectivity index (χ3v) is 9.24. The summed E-state index contributed by atoms with van der Waals surface area (Å²) in [5.41, 5.74) is 0.833. The largest absolute Gasteiger partial charge is 0.433 e. The van der Waals surface area contributed by atoms with Crippen LogP contribution in [0.5, 0.6) is 0 Å². The van der Waals surface area contributed by atoms with Crippen molar-refractivity contribution in [1.82, 2.24) is 20.1 Å². The Morgan fingerprint density at radius 1 is 1.10 bits per heavy atom. The first kappa shape index (κ1) is 29.7. The summed E-state index contributed by atoms with van der Waals surface area (Å²) in [4.78, 5) is 54.2. The van der Waals surface area contributed by atoms with Crippen LogP contribution >= 0.6 is 0 Å². The van der Waals surface area contributed by atoms with Crippen LogP contribution < -0.4 is 14.9 Å². The van der Waals surface area contributed by atoms with Gasteiger partial charge >= 0.3 is 5.97 Å². The summed E-state index contributed by atoms with van der Waals surface area (Å²) in [6.45, 7) is 2.21. The lowest BCUT2D eigenvalue weighted by Gasteiger charge is -2.43. The molecule has 0 aliphatic carbocycles. The van der Waals surface area contributed by atoms with E-state index in [-0.39, 0.29) is 49.6 Å². The van der Waals surface area contributed by atoms with Crippen molar-refractivity contribution in [3.05, 3.63) is 36.4 Å². The zero-order valence-electron chi connectivity index (χ0n) is 23.7. The van der Waals surface area contributed by atoms with Crippen molar-refractivity contribution in [3.8, 4) is 0 Å². The molecule has 3 aliphatic rings. The molecular formula is C28H35N5O8S. The highest BCUT2D eigenvalue weighted by Crippen LogP contribution is 2.31. The number of hydrogen-bond acceptors (Lipinski definition) is 9. The quantitative estimate of drug-likeness (QED) is 0.420. The maximum atomic E-state index is 13.9. The van der Waals surface area contributed by atoms with Gasteiger partial charge in [-0.15, -0.1) is 0 Å². The molecule has 4 atom stereocenters. The van der Waals surface area contributed by atoms with Gasteiger partial charge in [-0.25, -0.2) is 13.4 Å². The van der Waals surface area contributed by atoms with Crippen LogP contribution in [0.3, 0.4) is 0 Å². The minimum absolute atomic E-state index is 0.00438. The van der Waals surface area contributed by atoms with Gasteiger partial charge in [0.05, 0.1) is 11.3 Å². The molecule has 0 radical (unpaired) electrons. The van der Waals surface area contributed by atoms with Crippen molar-refractivity contribution < 1.29 is 37.1 Å². The molecule has 5 rings (SSSR count). The summed E-state index contributed by atoms with van der Waals surface area (Å²) in [5.74, 6) is -2.18. The van der Waals surface area contributed by atoms with Crippen LogP contribution in [0.1, 0.15) is 39.0 Å². The second kappa shape index (κ2) is 11.9. The smallest absolute Gasteiger partial charge is 0.310 e. The zero-order chi connectivity index (χ0) is 30.2. The molecule has 0 unspecified atom stereocenters. The molecular weight excluding hydrogens is 566 g/mol. The molecule has 42 heavy (non-hydrogen) atoms. The number of nitrogens with zero attached hydrogens (tertiary/aromatic N) is 3. The summed E-state index contributed by atoms with van der Waals surface area (Å²) in [7, 11) is -0.502. The van der Waals surface area contributed by atoms with Crippen molar-refractivity contribution in [2.45, 2.75) is 68.3 Å². The van der Waals surface area contributed by atoms with Gasteiger partial charge in [-0.3, -0.25) is 24.2 Å². The molecule has 2 N–H and O–H groups in total. The van der Waals surface area contributed by atoms with E-state index in [1.807, 2.05) is 31.1 Å². The Labute approximate surface area is 244 Å². The highest BCUT2D eigenvalue weighted by atomic mass is 32.2. The Morgan fingerprint density at radius 2 is 1.83 bits per heavy atom. The fraction of sp³-hybridized carbons (Fsp3) is 0.500. The van der Waals surface area contributed by atoms with E-state index in [9.17, 15) is 27.6 Å². The third-order valence-electron chi connectivity index (χ3n) is 7.71. The monoisotopic (exact) mass is 601 g/mol. The molecule has 0 aromatic heterocycles. The molecule has 226 valence electrons. The van der Waals surface area contributed by atoms with Gasteiger partial charge in [0.2, 0.25) is 28.1 Å². The van der Waals surface area contributed by atoms with E-state index in [1.54, 1.807) is 25.1 Å². The molecule has 3 fully saturated rings. The number of rotatable bonds is 8. The summed E-state index contributed by atoms with van der Waals surface area (Å²) < 4.78 is 40.6. The fourth-order valence-corrected chi connectivity index (χ4v) is 7.21. The molecule has 2 aromatic rings. The summed E-state index contributed by atoms with van der Waals surface area (Å²) >= 11 is 0. The van der Waals surface area contributed by atoms with Crippen LogP contribution in [-0.2, 0) is 38.7 Å². The molecule has 0 bridgehead atoms. The predicted molar refractivity (Wildman–Crippen MR) is 151 cm³/mol. The number of fused-ring (bicyclic) bond motifs is 2. The molecule has 0 saturated carbocycles. The van der Waals surface area contributed by atoms with Crippen LogP contribution in [-0.4, -0.2) is 93.8 Å². The maximum Gasteiger partial charge on any atom is 0.310 e. The lowest BCUT2D eigenvalue weighted by molar-refractivity contribution is -0.177. The molecule has 3 heterocycles. The Balaban J connectivity index is 1.42. The van der Waals surface area contributed by atoms with E-state index < -0.39 is 52.2 Å². The molecule has 14 heteroatoms. The minimum atomic E-state index is -4.23. The maximum absolute atomic E-state index is 13.9. The number of hydrazine groups is 1. The Hall–Kier alpha value is -3.75. The summed E-state index contributed by atoms with van der Waals surface area (Å²) in [6, 6.07) is 7.16. The third kappa shape index (κ3) is 5.65. The van der Waals surface area contributed by atoms with Crippen molar-refractivity contribution in [3.63, 3.8) is 0 Å². The average molecular weight is 602 g/mol. The second-order valence-corrected chi connectivity index (χ2v) is 12.4. The molecule has 0 spiro atoms. The van der Waals surface area contributed by atoms with Gasteiger partial charge in [0.25, 0.3) is 5.91 Å². The standard InChI is InChI=1S/C28H35N5O8S/c1-4-40-28-20(16-25(35)41-28)29-26(36)22-11-7-15-32-24(34)14-13-19(27(37)33(22)32)30-42(38,39)23-12-6-8-17-18(23)9-5-10-21(17)31(2)3/h5-6,8-10,12,19-20,22,28,30H,4,7,11,13-16H2,1-3H3,(H,29,36)/t19-,20-,22-,28+/m0/s1. The Morgan fingerprint density at radius 3 is 2.57 bits per heavy atom. The highest BCUT2D eigenvalue weighted by Gasteiger charge is 2.47. The second-order valence-electron chi connectivity index (χ2n) is 10.7. The predicted octanol–water partition coefficient (Wildman–Crippen LogP) is 0.875. The molecule has 2 aromatic carbocycles. The fourth-order valence-electron chi connectivity index (χ4n) is 5.77. The number of ether oxygens (including phenoxy) is 2. The van der Waals surface area contributed by atoms with Crippen molar-refractivity contribution >= 4 is 50.2 Å². The first-order valence-electron chi connectivity index (χ1n) is 14.0. The zero-order valence-corrected chi connectivity index (χ0v) is 24.6. The van der Waals surface area contributed by atoms with E-state index in [0.29, 0.717) is 11.8 Å². The van der Waals surface area contributed by atoms with Crippen molar-refractivity contribution in [1.29, 1.82) is 0 Å². The van der Waals surface area contributed by atoms with Crippen LogP contribution in [0.4, 0.5) is 5.69 Å². The van der Waals surface area contributed by atoms with Crippen molar-refractivity contribution in [2.75, 3.05) is 32.1 Å². The number of benzene rings is 2. The van der Waals surface area contributed by atoms with Gasteiger partial charge in [0.1, 0.15) is 18.1 Å². The lowest BCUT2D eigenvalue weighted by Crippen LogP contribution is -2.64. The number of hydrogen-bond donors (Lipinski definition) is 2. The Kier molecular flexibility index (Phi) is 8.39. The van der Waals surface area contributed by atoms with E-state index in [1.165, 1.54) is 11.1 Å². The first-order valence-corrected chi connectivity index (χ1v) is 15.5. The number of esters is 1. The SMILES string of the molecule is CCO[C@@H]1OC(=O)C[C@@H]1NC(=O)[C@@H]1CCCN2C(=O)CC[C@H](NS(=O)(=O)c3cccc4c(N(C)C)cccc34)C(=O)N12. The van der Waals surface area contributed by atoms with Gasteiger partial charge in [0.15, 0.2) is 0 Å². The number of amides is 3. The van der Waals surface area contributed by atoms with Crippen LogP contribution in [0, 0.1) is 0 Å². The Bertz CT molecular complexity index is 1510. The first-order chi connectivity index (χ1) is 20.0. The van der Waals surface area contributed by atoms with Crippen LogP contribution in [0.2, 0.25) is 0 Å². The summed E-state index contributed by atoms with van der Waals surface area (Å²) in [5, 5.41) is 6.28. The van der Waals surface area contributed by atoms with E-state index >= 15 is 0 Å². The molecule has 3 saturated heterocycles. The average Bonchev–Trinajstić information content (AvgIpc) is 3.25. The normalized spacial score (nSPS) is 24.8. The van der Waals surface area contributed by atoms with E-state index in [0.717, 1.165) is 16.1 Å². The number of nitrogens with one attached hydrogen (secondary N) is 2. The van der Waals surface area contributed by atoms with Crippen molar-refractivity contribution in [2.24, 2.45) is 0 Å². The van der Waals surface area contributed by atoms with E-state index in [2.05, 4.69) is 10.0 Å². The number of sulfonamides is 1. The number of cyclic esters (lactones) is 1. The number of carbonyl (C=O) groups is 4. The molecule has 13 nitrogen and oxygen atoms in total. The number of carbonyl (C=O) groups excluding carboxylic acids is 4. The topological polar surface area (TPSA) is 155 Å². The highest BCUT2D eigenvalue weighted by molar-refractivity contribution is 7.89.